The molecule has 3 aromatic heterocycles. The Hall–Kier alpha value is -1.94. The smallest absolute Gasteiger partial charge is 0.232 e. The Morgan fingerprint density at radius 2 is 2.04 bits per heavy atom. The first-order valence-electron chi connectivity index (χ1n) is 8.56. The summed E-state index contributed by atoms with van der Waals surface area (Å²) in [6, 6.07) is 2.02. The largest absolute Gasteiger partial charge is 0.611 e. The van der Waals surface area contributed by atoms with E-state index in [0.29, 0.717) is 28.2 Å². The molecule has 0 fully saturated rings. The van der Waals surface area contributed by atoms with Crippen molar-refractivity contribution in [1.29, 1.82) is 0 Å². The maximum atomic E-state index is 12.6. The normalized spacial score (nSPS) is 12.7. The maximum absolute atomic E-state index is 12.6. The monoisotopic (exact) mass is 405 g/mol. The van der Waals surface area contributed by atoms with E-state index in [1.165, 1.54) is 11.3 Å². The summed E-state index contributed by atoms with van der Waals surface area (Å²) in [7, 11) is 3.37. The number of methoxy groups -OCH3 is 1. The molecular weight excluding hydrogens is 382 g/mol. The van der Waals surface area contributed by atoms with Gasteiger partial charge in [0, 0.05) is 48.7 Å². The number of ether oxygens (including phenoxy) is 1. The predicted molar refractivity (Wildman–Crippen MR) is 112 cm³/mol. The summed E-state index contributed by atoms with van der Waals surface area (Å²) in [5.41, 5.74) is 9.63. The molecule has 9 heteroatoms. The standard InChI is InChI=1S/C18H23N5O2S2/c1-10(2)12-7-13(11-8-21-18(20-3)22-9-11)23-16-14(12)15(19)17(26-16)27(24)6-5-25-4/h7-10H,5-6,19H2,1-4H3,(H,20,21,22)/t27-/m1/s1. The van der Waals surface area contributed by atoms with Gasteiger partial charge >= 0.3 is 0 Å². The van der Waals surface area contributed by atoms with Gasteiger partial charge in [0.1, 0.15) is 16.3 Å². The summed E-state index contributed by atoms with van der Waals surface area (Å²) in [6.07, 6.45) is 3.48. The van der Waals surface area contributed by atoms with Crippen molar-refractivity contribution >= 4 is 44.4 Å². The number of pyridine rings is 1. The van der Waals surface area contributed by atoms with Gasteiger partial charge in [-0.3, -0.25) is 0 Å². The topological polar surface area (TPSA) is 109 Å². The molecule has 0 aliphatic rings. The van der Waals surface area contributed by atoms with Crippen LogP contribution in [-0.4, -0.2) is 46.0 Å². The van der Waals surface area contributed by atoms with Crippen LogP contribution in [0.4, 0.5) is 11.6 Å². The molecule has 3 heterocycles. The molecule has 3 aromatic rings. The van der Waals surface area contributed by atoms with Gasteiger partial charge in [-0.15, -0.1) is 0 Å². The van der Waals surface area contributed by atoms with Crippen molar-refractivity contribution < 1.29 is 9.29 Å². The first-order valence-corrected chi connectivity index (χ1v) is 10.7. The van der Waals surface area contributed by atoms with E-state index in [1.54, 1.807) is 26.6 Å². The summed E-state index contributed by atoms with van der Waals surface area (Å²) < 4.78 is 18.3. The van der Waals surface area contributed by atoms with E-state index in [4.69, 9.17) is 15.5 Å². The van der Waals surface area contributed by atoms with Crippen LogP contribution >= 0.6 is 11.3 Å². The second-order valence-electron chi connectivity index (χ2n) is 6.32. The van der Waals surface area contributed by atoms with Gasteiger partial charge in [0.05, 0.1) is 12.3 Å². The lowest BCUT2D eigenvalue weighted by atomic mass is 9.98. The molecule has 0 aliphatic heterocycles. The molecule has 0 aromatic carbocycles. The van der Waals surface area contributed by atoms with E-state index < -0.39 is 11.2 Å². The molecule has 144 valence electrons. The highest BCUT2D eigenvalue weighted by Crippen LogP contribution is 2.41. The minimum Gasteiger partial charge on any atom is -0.611 e. The molecule has 0 unspecified atom stereocenters. The van der Waals surface area contributed by atoms with Crippen LogP contribution in [0.3, 0.4) is 0 Å². The predicted octanol–water partition coefficient (Wildman–Crippen LogP) is 3.25. The molecule has 7 nitrogen and oxygen atoms in total. The molecular formula is C18H23N5O2S2. The third-order valence-corrected chi connectivity index (χ3v) is 7.04. The number of fused-ring (bicyclic) bond motifs is 1. The minimum atomic E-state index is -1.21. The molecule has 0 spiro atoms. The average Bonchev–Trinajstić information content (AvgIpc) is 3.02. The van der Waals surface area contributed by atoms with Gasteiger partial charge in [-0.25, -0.2) is 15.0 Å². The molecule has 0 saturated carbocycles. The van der Waals surface area contributed by atoms with Crippen molar-refractivity contribution in [2.75, 3.05) is 37.6 Å². The van der Waals surface area contributed by atoms with Gasteiger partial charge in [0.25, 0.3) is 0 Å². The molecule has 0 radical (unpaired) electrons. The van der Waals surface area contributed by atoms with Crippen LogP contribution in [-0.2, 0) is 15.9 Å². The molecule has 27 heavy (non-hydrogen) atoms. The zero-order chi connectivity index (χ0) is 19.6. The van der Waals surface area contributed by atoms with E-state index in [0.717, 1.165) is 27.0 Å². The van der Waals surface area contributed by atoms with E-state index >= 15 is 0 Å². The first kappa shape index (κ1) is 19.8. The van der Waals surface area contributed by atoms with Gasteiger partial charge in [-0.05, 0) is 17.5 Å². The van der Waals surface area contributed by atoms with Crippen molar-refractivity contribution in [1.82, 2.24) is 15.0 Å². The third kappa shape index (κ3) is 4.01. The number of hydrogen-bond donors (Lipinski definition) is 2. The second kappa shape index (κ2) is 8.39. The lowest BCUT2D eigenvalue weighted by molar-refractivity contribution is 0.217. The summed E-state index contributed by atoms with van der Waals surface area (Å²) in [6.45, 7) is 4.64. The van der Waals surface area contributed by atoms with Crippen LogP contribution in [0.5, 0.6) is 0 Å². The fourth-order valence-corrected chi connectivity index (χ4v) is 5.31. The van der Waals surface area contributed by atoms with E-state index in [-0.39, 0.29) is 5.92 Å². The summed E-state index contributed by atoms with van der Waals surface area (Å²) >= 11 is 0.177. The minimum absolute atomic E-state index is 0.240. The molecule has 0 saturated heterocycles. The summed E-state index contributed by atoms with van der Waals surface area (Å²) in [5, 5.41) is 3.80. The number of nitrogens with one attached hydrogen (secondary N) is 1. The molecule has 1 atom stereocenters. The fourth-order valence-electron chi connectivity index (χ4n) is 2.74. The maximum Gasteiger partial charge on any atom is 0.232 e. The zero-order valence-electron chi connectivity index (χ0n) is 15.8. The van der Waals surface area contributed by atoms with Crippen LogP contribution < -0.4 is 11.1 Å². The van der Waals surface area contributed by atoms with Gasteiger partial charge in [0.15, 0.2) is 0 Å². The van der Waals surface area contributed by atoms with E-state index in [9.17, 15) is 4.55 Å². The van der Waals surface area contributed by atoms with Crippen molar-refractivity contribution in [2.45, 2.75) is 24.0 Å². The Bertz CT molecular complexity index is 928. The van der Waals surface area contributed by atoms with Gasteiger partial charge in [0.2, 0.25) is 10.2 Å². The number of anilines is 2. The SMILES string of the molecule is CNc1ncc(-c2cc(C(C)C)c3c(N)c([S@+]([O-])CCOC)sc3n2)cn1. The number of nitrogens with two attached hydrogens (primary N) is 1. The average molecular weight is 406 g/mol. The van der Waals surface area contributed by atoms with Crippen LogP contribution in [0.25, 0.3) is 21.5 Å². The summed E-state index contributed by atoms with van der Waals surface area (Å²) in [5.74, 6) is 1.21. The van der Waals surface area contributed by atoms with Gasteiger partial charge < -0.3 is 20.3 Å². The number of rotatable bonds is 7. The third-order valence-electron chi connectivity index (χ3n) is 4.17. The van der Waals surface area contributed by atoms with Crippen LogP contribution in [0.1, 0.15) is 25.3 Å². The lowest BCUT2D eigenvalue weighted by Crippen LogP contribution is -2.11. The highest BCUT2D eigenvalue weighted by Gasteiger charge is 2.25. The van der Waals surface area contributed by atoms with Crippen molar-refractivity contribution in [3.05, 3.63) is 24.0 Å². The first-order chi connectivity index (χ1) is 13.0. The highest BCUT2D eigenvalue weighted by atomic mass is 32.2. The van der Waals surface area contributed by atoms with Crippen molar-refractivity contribution in [3.8, 4) is 11.3 Å². The highest BCUT2D eigenvalue weighted by molar-refractivity contribution is 7.93. The number of aromatic nitrogens is 3. The van der Waals surface area contributed by atoms with Crippen LogP contribution in [0, 0.1) is 0 Å². The van der Waals surface area contributed by atoms with Crippen LogP contribution in [0.15, 0.2) is 22.7 Å². The van der Waals surface area contributed by atoms with Gasteiger partial charge in [-0.2, -0.15) is 0 Å². The molecule has 3 N–H and O–H groups in total. The number of nitrogen functional groups attached to an aromatic ring is 1. The molecule has 0 bridgehead atoms. The number of hydrogen-bond acceptors (Lipinski definition) is 8. The van der Waals surface area contributed by atoms with Crippen molar-refractivity contribution in [2.24, 2.45) is 0 Å². The van der Waals surface area contributed by atoms with Gasteiger partial charge in [-0.1, -0.05) is 25.2 Å². The van der Waals surface area contributed by atoms with E-state index in [2.05, 4.69) is 29.1 Å². The lowest BCUT2D eigenvalue weighted by Gasteiger charge is -2.11. The quantitative estimate of drug-likeness (QED) is 0.581. The molecule has 0 amide bonds. The summed E-state index contributed by atoms with van der Waals surface area (Å²) in [4.78, 5) is 14.1. The van der Waals surface area contributed by atoms with E-state index in [1.807, 2.05) is 6.07 Å². The van der Waals surface area contributed by atoms with Crippen molar-refractivity contribution in [3.63, 3.8) is 0 Å². The number of thiophene rings is 1. The van der Waals surface area contributed by atoms with Crippen LogP contribution in [0.2, 0.25) is 0 Å². The fraction of sp³-hybridized carbons (Fsp3) is 0.389. The Morgan fingerprint density at radius 1 is 1.33 bits per heavy atom. The molecule has 3 rings (SSSR count). The second-order valence-corrected chi connectivity index (χ2v) is 9.09. The zero-order valence-corrected chi connectivity index (χ0v) is 17.4. The molecule has 0 aliphatic carbocycles. The Balaban J connectivity index is 2.12. The Kier molecular flexibility index (Phi) is 6.15. The Labute approximate surface area is 165 Å². The Morgan fingerprint density at radius 3 is 2.63 bits per heavy atom. The number of nitrogens with zero attached hydrogens (tertiary/aromatic N) is 3.